The molecular weight excluding hydrogens is 480 g/mol. The molecule has 0 aliphatic carbocycles. The van der Waals surface area contributed by atoms with Crippen LogP contribution in [-0.2, 0) is 20.7 Å². The lowest BCUT2D eigenvalue weighted by Crippen LogP contribution is -2.51. The second-order valence-electron chi connectivity index (χ2n) is 8.24. The Morgan fingerprint density at radius 2 is 1.82 bits per heavy atom. The third-order valence-corrected chi connectivity index (χ3v) is 7.24. The third kappa shape index (κ3) is 7.50. The summed E-state index contributed by atoms with van der Waals surface area (Å²) in [5, 5.41) is 5.83. The summed E-state index contributed by atoms with van der Waals surface area (Å²) in [6.45, 7) is 3.86. The van der Waals surface area contributed by atoms with Gasteiger partial charge in [-0.15, -0.1) is 22.7 Å². The van der Waals surface area contributed by atoms with Gasteiger partial charge in [-0.3, -0.25) is 10.1 Å². The van der Waals surface area contributed by atoms with Crippen molar-refractivity contribution in [2.75, 3.05) is 0 Å². The lowest BCUT2D eigenvalue weighted by molar-refractivity contribution is -0.141. The Labute approximate surface area is 205 Å². The van der Waals surface area contributed by atoms with Gasteiger partial charge in [0.2, 0.25) is 5.91 Å². The molecule has 0 radical (unpaired) electrons. The Hall–Kier alpha value is -2.52. The normalized spacial score (nSPS) is 12.3. The number of hydrogen-bond donors (Lipinski definition) is 2. The number of amides is 1. The number of benzene rings is 1. The fraction of sp³-hybridized carbons (Fsp3) is 0.292. The molecule has 33 heavy (non-hydrogen) atoms. The van der Waals surface area contributed by atoms with Crippen LogP contribution < -0.4 is 11.1 Å². The van der Waals surface area contributed by atoms with E-state index in [4.69, 9.17) is 22.1 Å². The molecule has 0 saturated carbocycles. The van der Waals surface area contributed by atoms with Crippen molar-refractivity contribution in [3.05, 3.63) is 69.4 Å². The summed E-state index contributed by atoms with van der Waals surface area (Å²) < 4.78 is 5.18. The number of carbonyl (C=O) groups excluding carboxylic acids is 3. The number of carbonyl (C=O) groups is 3. The molecule has 2 aromatic heterocycles. The largest absolute Gasteiger partial charge is 0.388 e. The minimum absolute atomic E-state index is 0.0144. The van der Waals surface area contributed by atoms with Crippen LogP contribution in [-0.4, -0.2) is 29.4 Å². The van der Waals surface area contributed by atoms with E-state index < -0.39 is 29.4 Å². The molecule has 174 valence electrons. The second kappa shape index (κ2) is 11.1. The molecule has 2 heterocycles. The maximum atomic E-state index is 12.9. The summed E-state index contributed by atoms with van der Waals surface area (Å²) in [6.07, 6.45) is 0.698. The van der Waals surface area contributed by atoms with Gasteiger partial charge >= 0.3 is 11.9 Å². The molecule has 3 N–H and O–H groups in total. The topological polar surface area (TPSA) is 98.5 Å². The van der Waals surface area contributed by atoms with Crippen LogP contribution in [0.3, 0.4) is 0 Å². The van der Waals surface area contributed by atoms with E-state index in [0.29, 0.717) is 16.3 Å². The number of hydrogen-bond acceptors (Lipinski definition) is 7. The molecular formula is C24H25ClN2O4S2. The van der Waals surface area contributed by atoms with Crippen molar-refractivity contribution in [3.8, 4) is 9.75 Å². The van der Waals surface area contributed by atoms with Crippen molar-refractivity contribution >= 4 is 52.1 Å². The number of esters is 2. The van der Waals surface area contributed by atoms with Gasteiger partial charge in [0.05, 0.1) is 0 Å². The molecule has 1 atom stereocenters. The highest BCUT2D eigenvalue weighted by atomic mass is 35.5. The zero-order chi connectivity index (χ0) is 24.0. The second-order valence-corrected chi connectivity index (χ2v) is 10.7. The molecule has 0 saturated heterocycles. The van der Waals surface area contributed by atoms with Crippen LogP contribution in [0.2, 0.25) is 5.02 Å². The number of nitrogens with one attached hydrogen (secondary N) is 1. The van der Waals surface area contributed by atoms with E-state index in [1.54, 1.807) is 29.5 Å². The van der Waals surface area contributed by atoms with Gasteiger partial charge in [0.25, 0.3) is 0 Å². The Morgan fingerprint density at radius 1 is 1.09 bits per heavy atom. The molecule has 0 spiro atoms. The first-order valence-corrected chi connectivity index (χ1v) is 12.4. The lowest BCUT2D eigenvalue weighted by Gasteiger charge is -2.31. The van der Waals surface area contributed by atoms with E-state index in [1.165, 1.54) is 11.3 Å². The zero-order valence-corrected chi connectivity index (χ0v) is 20.7. The van der Waals surface area contributed by atoms with Crippen molar-refractivity contribution in [1.82, 2.24) is 5.32 Å². The maximum absolute atomic E-state index is 12.9. The minimum atomic E-state index is -0.875. The molecule has 6 nitrogen and oxygen atoms in total. The standard InChI is InChI=1S/C24H25ClN2O4S2/c1-24(2,14-15-5-7-16(25)8-6-15)27-17(9-12-21(26)28)22(29)31-23(30)20-11-10-19(33-20)18-4-3-13-32-18/h3-8,10-11,13,17,27H,9,12,14H2,1-2H3,(H2,26,28)/t17-/m0/s1. The van der Waals surface area contributed by atoms with Crippen molar-refractivity contribution in [2.24, 2.45) is 5.73 Å². The highest BCUT2D eigenvalue weighted by molar-refractivity contribution is 7.22. The number of thiophene rings is 2. The van der Waals surface area contributed by atoms with Gasteiger partial charge in [-0.05, 0) is 68.0 Å². The molecule has 9 heteroatoms. The molecule has 1 aromatic carbocycles. The van der Waals surface area contributed by atoms with E-state index in [-0.39, 0.29) is 12.8 Å². The van der Waals surface area contributed by atoms with Gasteiger partial charge in [-0.1, -0.05) is 29.8 Å². The van der Waals surface area contributed by atoms with Gasteiger partial charge in [0.1, 0.15) is 10.9 Å². The van der Waals surface area contributed by atoms with Crippen LogP contribution in [0.1, 0.15) is 41.9 Å². The number of ether oxygens (including phenoxy) is 1. The van der Waals surface area contributed by atoms with E-state index in [2.05, 4.69) is 5.32 Å². The van der Waals surface area contributed by atoms with Crippen LogP contribution in [0.15, 0.2) is 53.9 Å². The fourth-order valence-electron chi connectivity index (χ4n) is 3.38. The van der Waals surface area contributed by atoms with E-state index in [0.717, 1.165) is 15.3 Å². The minimum Gasteiger partial charge on any atom is -0.388 e. The Kier molecular flexibility index (Phi) is 8.42. The molecule has 3 rings (SSSR count). The van der Waals surface area contributed by atoms with Gasteiger partial charge in [0, 0.05) is 26.7 Å². The summed E-state index contributed by atoms with van der Waals surface area (Å²) >= 11 is 8.79. The molecule has 0 bridgehead atoms. The van der Waals surface area contributed by atoms with Gasteiger partial charge < -0.3 is 10.5 Å². The molecule has 0 aliphatic heterocycles. The quantitative estimate of drug-likeness (QED) is 0.297. The summed E-state index contributed by atoms with van der Waals surface area (Å²) in [4.78, 5) is 39.1. The van der Waals surface area contributed by atoms with Crippen LogP contribution in [0.5, 0.6) is 0 Å². The molecule has 0 aliphatic rings. The third-order valence-electron chi connectivity index (χ3n) is 4.85. The van der Waals surface area contributed by atoms with Gasteiger partial charge in [-0.25, -0.2) is 9.59 Å². The summed E-state index contributed by atoms with van der Waals surface area (Å²) in [7, 11) is 0. The highest BCUT2D eigenvalue weighted by Gasteiger charge is 2.30. The Balaban J connectivity index is 1.68. The van der Waals surface area contributed by atoms with Crippen molar-refractivity contribution in [3.63, 3.8) is 0 Å². The van der Waals surface area contributed by atoms with E-state index in [1.807, 2.05) is 49.6 Å². The van der Waals surface area contributed by atoms with Crippen LogP contribution in [0.4, 0.5) is 0 Å². The van der Waals surface area contributed by atoms with Crippen LogP contribution in [0, 0.1) is 0 Å². The van der Waals surface area contributed by atoms with Gasteiger partial charge in [0.15, 0.2) is 0 Å². The highest BCUT2D eigenvalue weighted by Crippen LogP contribution is 2.31. The van der Waals surface area contributed by atoms with E-state index >= 15 is 0 Å². The predicted molar refractivity (Wildman–Crippen MR) is 133 cm³/mol. The SMILES string of the molecule is CC(C)(Cc1ccc(Cl)cc1)N[C@@H](CCC(N)=O)C(=O)OC(=O)c1ccc(-c2cccs2)s1. The number of halogens is 1. The van der Waals surface area contributed by atoms with Crippen molar-refractivity contribution < 1.29 is 19.1 Å². The fourth-order valence-corrected chi connectivity index (χ4v) is 5.23. The first-order valence-electron chi connectivity index (χ1n) is 10.3. The Bertz CT molecular complexity index is 1110. The van der Waals surface area contributed by atoms with Crippen LogP contribution >= 0.6 is 34.3 Å². The summed E-state index contributed by atoms with van der Waals surface area (Å²) in [5.41, 5.74) is 5.78. The Morgan fingerprint density at radius 3 is 2.45 bits per heavy atom. The van der Waals surface area contributed by atoms with Crippen LogP contribution in [0.25, 0.3) is 9.75 Å². The molecule has 3 aromatic rings. The lowest BCUT2D eigenvalue weighted by atomic mass is 9.93. The van der Waals surface area contributed by atoms with Crippen molar-refractivity contribution in [2.45, 2.75) is 44.7 Å². The van der Waals surface area contributed by atoms with Crippen molar-refractivity contribution in [1.29, 1.82) is 0 Å². The molecule has 1 amide bonds. The molecule has 0 fully saturated rings. The maximum Gasteiger partial charge on any atom is 0.356 e. The predicted octanol–water partition coefficient (Wildman–Crippen LogP) is 5.06. The average molecular weight is 505 g/mol. The first kappa shape index (κ1) is 25.1. The number of rotatable bonds is 10. The monoisotopic (exact) mass is 504 g/mol. The summed E-state index contributed by atoms with van der Waals surface area (Å²) in [6, 6.07) is 13.9. The average Bonchev–Trinajstić information content (AvgIpc) is 3.44. The number of nitrogens with two attached hydrogens (primary N) is 1. The zero-order valence-electron chi connectivity index (χ0n) is 18.3. The molecule has 0 unspecified atom stereocenters. The van der Waals surface area contributed by atoms with Gasteiger partial charge in [-0.2, -0.15) is 0 Å². The summed E-state index contributed by atoms with van der Waals surface area (Å²) in [5.74, 6) is -1.99. The number of primary amides is 1. The smallest absolute Gasteiger partial charge is 0.356 e. The van der Waals surface area contributed by atoms with E-state index in [9.17, 15) is 14.4 Å². The first-order chi connectivity index (χ1) is 15.6.